The van der Waals surface area contributed by atoms with Crippen molar-refractivity contribution in [2.24, 2.45) is 0 Å². The fourth-order valence-corrected chi connectivity index (χ4v) is 3.85. The van der Waals surface area contributed by atoms with Gasteiger partial charge in [0.2, 0.25) is 0 Å². The first kappa shape index (κ1) is 14.3. The van der Waals surface area contributed by atoms with Gasteiger partial charge >= 0.3 is 0 Å². The highest BCUT2D eigenvalue weighted by Gasteiger charge is 2.22. The first-order chi connectivity index (χ1) is 10.1. The topological polar surface area (TPSA) is 25.2 Å². The second kappa shape index (κ2) is 6.00. The molecule has 4 heteroatoms. The van der Waals surface area contributed by atoms with E-state index >= 15 is 0 Å². The zero-order valence-electron chi connectivity index (χ0n) is 12.1. The van der Waals surface area contributed by atoms with Crippen LogP contribution in [0.5, 0.6) is 0 Å². The van der Waals surface area contributed by atoms with E-state index in [0.717, 1.165) is 37.0 Å². The van der Waals surface area contributed by atoms with Gasteiger partial charge in [-0.25, -0.2) is 0 Å². The average Bonchev–Trinajstić information content (AvgIpc) is 2.77. The van der Waals surface area contributed by atoms with E-state index in [0.29, 0.717) is 11.3 Å². The largest absolute Gasteiger partial charge is 0.299 e. The molecule has 1 aromatic heterocycles. The van der Waals surface area contributed by atoms with Crippen LogP contribution in [0.15, 0.2) is 35.1 Å². The van der Waals surface area contributed by atoms with Gasteiger partial charge in [-0.1, -0.05) is 55.0 Å². The van der Waals surface area contributed by atoms with Gasteiger partial charge in [-0.2, -0.15) is 0 Å². The molecule has 1 aliphatic rings. The Morgan fingerprint density at radius 1 is 1.14 bits per heavy atom. The third-order valence-electron chi connectivity index (χ3n) is 4.14. The van der Waals surface area contributed by atoms with Crippen LogP contribution in [0.3, 0.4) is 0 Å². The van der Waals surface area contributed by atoms with Crippen molar-refractivity contribution in [2.75, 3.05) is 13.1 Å². The standard InChI is InChI=1S/C17H20N2OS/c1-13-14(2)21-19(17(13)20)16-8-10-18(11-9-16)12-15-6-4-3-5-7-15/h3-7,16H,1-2,8-12H2. The molecule has 1 aliphatic heterocycles. The highest BCUT2D eigenvalue weighted by Crippen LogP contribution is 2.22. The minimum Gasteiger partial charge on any atom is -0.299 e. The van der Waals surface area contributed by atoms with Crippen molar-refractivity contribution in [2.45, 2.75) is 25.4 Å². The quantitative estimate of drug-likeness (QED) is 0.860. The molecule has 0 amide bonds. The molecule has 3 nitrogen and oxygen atoms in total. The maximum atomic E-state index is 12.1. The molecule has 0 atom stereocenters. The Hall–Kier alpha value is -1.65. The molecular weight excluding hydrogens is 280 g/mol. The average molecular weight is 300 g/mol. The van der Waals surface area contributed by atoms with E-state index in [9.17, 15) is 4.79 Å². The fraction of sp³-hybridized carbons (Fsp3) is 0.353. The lowest BCUT2D eigenvalue weighted by molar-refractivity contribution is 0.183. The summed E-state index contributed by atoms with van der Waals surface area (Å²) in [6, 6.07) is 10.9. The van der Waals surface area contributed by atoms with Crippen LogP contribution in [0.4, 0.5) is 0 Å². The van der Waals surface area contributed by atoms with Crippen LogP contribution < -0.4 is 15.3 Å². The van der Waals surface area contributed by atoms with Gasteiger partial charge in [0.25, 0.3) is 5.56 Å². The molecular formula is C17H20N2OS. The van der Waals surface area contributed by atoms with Crippen molar-refractivity contribution < 1.29 is 0 Å². The molecule has 2 heterocycles. The minimum atomic E-state index is 0.0477. The van der Waals surface area contributed by atoms with Crippen LogP contribution >= 0.6 is 11.5 Å². The number of rotatable bonds is 3. The Morgan fingerprint density at radius 3 is 2.38 bits per heavy atom. The van der Waals surface area contributed by atoms with Gasteiger partial charge in [-0.05, 0) is 18.4 Å². The van der Waals surface area contributed by atoms with Crippen molar-refractivity contribution in [1.82, 2.24) is 8.86 Å². The molecule has 0 N–H and O–H groups in total. The van der Waals surface area contributed by atoms with Crippen molar-refractivity contribution in [1.29, 1.82) is 0 Å². The summed E-state index contributed by atoms with van der Waals surface area (Å²) < 4.78 is 2.68. The number of benzene rings is 1. The predicted molar refractivity (Wildman–Crippen MR) is 88.9 cm³/mol. The summed E-state index contributed by atoms with van der Waals surface area (Å²) in [4.78, 5) is 14.6. The Balaban J connectivity index is 1.65. The second-order valence-electron chi connectivity index (χ2n) is 5.62. The second-order valence-corrected chi connectivity index (χ2v) is 6.69. The Bertz CT molecular complexity index is 754. The highest BCUT2D eigenvalue weighted by atomic mass is 32.1. The third kappa shape index (κ3) is 3.01. The molecule has 1 fully saturated rings. The Kier molecular flexibility index (Phi) is 4.08. The van der Waals surface area contributed by atoms with Gasteiger partial charge in [-0.15, -0.1) is 0 Å². The van der Waals surface area contributed by atoms with Crippen LogP contribution in [0.25, 0.3) is 13.2 Å². The predicted octanol–water partition coefficient (Wildman–Crippen LogP) is 1.57. The van der Waals surface area contributed by atoms with Crippen LogP contribution in [0, 0.1) is 0 Å². The maximum Gasteiger partial charge on any atom is 0.268 e. The van der Waals surface area contributed by atoms with Crippen molar-refractivity contribution in [3.63, 3.8) is 0 Å². The number of hydrogen-bond donors (Lipinski definition) is 0. The summed E-state index contributed by atoms with van der Waals surface area (Å²) >= 11 is 1.46. The lowest BCUT2D eigenvalue weighted by Crippen LogP contribution is -2.38. The molecule has 2 aromatic rings. The van der Waals surface area contributed by atoms with E-state index in [4.69, 9.17) is 0 Å². The summed E-state index contributed by atoms with van der Waals surface area (Å²) in [6.45, 7) is 10.8. The SMILES string of the molecule is C=c1sn(C2CCN(Cc3ccccc3)CC2)c(=O)c1=C. The lowest BCUT2D eigenvalue weighted by Gasteiger charge is -2.31. The van der Waals surface area contributed by atoms with Crippen LogP contribution in [0.1, 0.15) is 24.4 Å². The van der Waals surface area contributed by atoms with Crippen LogP contribution in [-0.4, -0.2) is 21.9 Å². The summed E-state index contributed by atoms with van der Waals surface area (Å²) in [5.74, 6) is 0. The van der Waals surface area contributed by atoms with Crippen molar-refractivity contribution in [3.05, 3.63) is 56.0 Å². The molecule has 110 valence electrons. The Morgan fingerprint density at radius 2 is 1.81 bits per heavy atom. The zero-order valence-corrected chi connectivity index (χ0v) is 12.9. The minimum absolute atomic E-state index is 0.0477. The van der Waals surface area contributed by atoms with Gasteiger partial charge < -0.3 is 0 Å². The lowest BCUT2D eigenvalue weighted by atomic mass is 10.0. The first-order valence-corrected chi connectivity index (χ1v) is 8.08. The van der Waals surface area contributed by atoms with Gasteiger partial charge in [0.15, 0.2) is 0 Å². The summed E-state index contributed by atoms with van der Waals surface area (Å²) in [6.07, 6.45) is 2.04. The van der Waals surface area contributed by atoms with Crippen LogP contribution in [-0.2, 0) is 6.54 Å². The van der Waals surface area contributed by atoms with E-state index in [2.05, 4.69) is 42.3 Å². The van der Waals surface area contributed by atoms with Crippen molar-refractivity contribution >= 4 is 24.7 Å². The van der Waals surface area contributed by atoms with E-state index in [-0.39, 0.29) is 5.56 Å². The molecule has 0 radical (unpaired) electrons. The number of aromatic nitrogens is 1. The van der Waals surface area contributed by atoms with E-state index in [1.807, 2.05) is 10.0 Å². The molecule has 3 rings (SSSR count). The molecule has 0 unspecified atom stereocenters. The number of likely N-dealkylation sites (tertiary alicyclic amines) is 1. The number of nitrogens with zero attached hydrogens (tertiary/aromatic N) is 2. The van der Waals surface area contributed by atoms with Gasteiger partial charge in [0.05, 0.1) is 11.3 Å². The summed E-state index contributed by atoms with van der Waals surface area (Å²) in [7, 11) is 0. The molecule has 1 aromatic carbocycles. The monoisotopic (exact) mass is 300 g/mol. The van der Waals surface area contributed by atoms with E-state index < -0.39 is 0 Å². The number of piperidine rings is 1. The third-order valence-corrected chi connectivity index (χ3v) is 5.27. The number of hydrogen-bond acceptors (Lipinski definition) is 3. The van der Waals surface area contributed by atoms with Gasteiger partial charge in [0, 0.05) is 24.2 Å². The molecule has 0 saturated carbocycles. The normalized spacial score (nSPS) is 17.1. The van der Waals surface area contributed by atoms with Gasteiger partial charge in [-0.3, -0.25) is 13.7 Å². The molecule has 0 bridgehead atoms. The maximum absolute atomic E-state index is 12.1. The summed E-state index contributed by atoms with van der Waals surface area (Å²) in [5, 5.41) is 0.562. The summed E-state index contributed by atoms with van der Waals surface area (Å²) in [5.41, 5.74) is 1.40. The zero-order chi connectivity index (χ0) is 14.8. The smallest absolute Gasteiger partial charge is 0.268 e. The molecule has 0 spiro atoms. The van der Waals surface area contributed by atoms with Crippen molar-refractivity contribution in [3.8, 4) is 0 Å². The molecule has 1 saturated heterocycles. The first-order valence-electron chi connectivity index (χ1n) is 7.31. The fourth-order valence-electron chi connectivity index (χ4n) is 2.86. The van der Waals surface area contributed by atoms with E-state index in [1.54, 1.807) is 0 Å². The van der Waals surface area contributed by atoms with Crippen LogP contribution in [0.2, 0.25) is 0 Å². The Labute approximate surface area is 128 Å². The van der Waals surface area contributed by atoms with Gasteiger partial charge in [0.1, 0.15) is 0 Å². The molecule has 0 aliphatic carbocycles. The highest BCUT2D eigenvalue weighted by molar-refractivity contribution is 7.04. The molecule has 21 heavy (non-hydrogen) atoms. The van der Waals surface area contributed by atoms with E-state index in [1.165, 1.54) is 17.1 Å².